The molecule has 1 N–H and O–H groups in total. The van der Waals surface area contributed by atoms with Crippen molar-refractivity contribution in [3.63, 3.8) is 0 Å². The first-order valence-corrected chi connectivity index (χ1v) is 6.00. The summed E-state index contributed by atoms with van der Waals surface area (Å²) in [6, 6.07) is 6.08. The molecular formula is C14H17FN2O2. The fourth-order valence-electron chi connectivity index (χ4n) is 1.79. The van der Waals surface area contributed by atoms with Gasteiger partial charge in [0.25, 0.3) is 0 Å². The van der Waals surface area contributed by atoms with E-state index in [0.29, 0.717) is 12.1 Å². The Labute approximate surface area is 112 Å². The molecule has 0 amide bonds. The predicted molar refractivity (Wildman–Crippen MR) is 68.9 cm³/mol. The molecule has 0 aliphatic rings. The van der Waals surface area contributed by atoms with E-state index < -0.39 is 17.3 Å². The smallest absolute Gasteiger partial charge is 0.323 e. The van der Waals surface area contributed by atoms with Crippen molar-refractivity contribution >= 4 is 5.97 Å². The Balaban J connectivity index is 3.00. The Kier molecular flexibility index (Phi) is 4.62. The number of carboxylic acids is 1. The van der Waals surface area contributed by atoms with Gasteiger partial charge in [-0.3, -0.25) is 9.69 Å². The molecule has 5 heteroatoms. The summed E-state index contributed by atoms with van der Waals surface area (Å²) in [6.07, 6.45) is 0. The fraction of sp³-hybridized carbons (Fsp3) is 0.429. The highest BCUT2D eigenvalue weighted by molar-refractivity contribution is 5.77. The van der Waals surface area contributed by atoms with E-state index in [0.717, 1.165) is 6.07 Å². The lowest BCUT2D eigenvalue weighted by Gasteiger charge is -2.34. The van der Waals surface area contributed by atoms with Crippen molar-refractivity contribution in [2.24, 2.45) is 0 Å². The molecule has 0 heterocycles. The van der Waals surface area contributed by atoms with Gasteiger partial charge in [0, 0.05) is 12.1 Å². The SMILES string of the molecule is CCN(Cc1ccc(C#N)cc1F)C(C)(C)C(=O)O. The maximum atomic E-state index is 13.8. The van der Waals surface area contributed by atoms with E-state index in [9.17, 15) is 14.3 Å². The van der Waals surface area contributed by atoms with Crippen LogP contribution in [0, 0.1) is 17.1 Å². The second kappa shape index (κ2) is 5.81. The first-order chi connectivity index (χ1) is 8.82. The van der Waals surface area contributed by atoms with E-state index in [4.69, 9.17) is 5.26 Å². The monoisotopic (exact) mass is 264 g/mol. The van der Waals surface area contributed by atoms with Crippen LogP contribution in [0.15, 0.2) is 18.2 Å². The molecule has 102 valence electrons. The number of rotatable bonds is 5. The van der Waals surface area contributed by atoms with Crippen molar-refractivity contribution < 1.29 is 14.3 Å². The number of nitriles is 1. The van der Waals surface area contributed by atoms with Crippen LogP contribution in [0.1, 0.15) is 31.9 Å². The molecule has 1 aromatic rings. The molecule has 1 rings (SSSR count). The van der Waals surface area contributed by atoms with Gasteiger partial charge in [0.15, 0.2) is 0 Å². The third kappa shape index (κ3) is 3.30. The number of carbonyl (C=O) groups is 1. The summed E-state index contributed by atoms with van der Waals surface area (Å²) >= 11 is 0. The van der Waals surface area contributed by atoms with Crippen LogP contribution >= 0.6 is 0 Å². The number of hydrogen-bond acceptors (Lipinski definition) is 3. The van der Waals surface area contributed by atoms with Crippen molar-refractivity contribution in [3.05, 3.63) is 35.1 Å². The molecule has 1 aromatic carbocycles. The van der Waals surface area contributed by atoms with Crippen LogP contribution in [0.3, 0.4) is 0 Å². The molecule has 0 aromatic heterocycles. The highest BCUT2D eigenvalue weighted by Gasteiger charge is 2.33. The second-order valence-electron chi connectivity index (χ2n) is 4.80. The number of carboxylic acid groups (broad SMARTS) is 1. The molecule has 0 aliphatic heterocycles. The standard InChI is InChI=1S/C14H17FN2O2/c1-4-17(14(2,3)13(18)19)9-11-6-5-10(8-16)7-12(11)15/h5-7H,4,9H2,1-3H3,(H,18,19). The van der Waals surface area contributed by atoms with Crippen molar-refractivity contribution in [2.75, 3.05) is 6.54 Å². The van der Waals surface area contributed by atoms with Gasteiger partial charge < -0.3 is 5.11 Å². The molecule has 0 bridgehead atoms. The van der Waals surface area contributed by atoms with Crippen LogP contribution in [-0.4, -0.2) is 28.1 Å². The summed E-state index contributed by atoms with van der Waals surface area (Å²) in [5.41, 5.74) is -0.438. The summed E-state index contributed by atoms with van der Waals surface area (Å²) in [4.78, 5) is 12.9. The van der Waals surface area contributed by atoms with Gasteiger partial charge in [-0.05, 0) is 32.5 Å². The molecule has 4 nitrogen and oxygen atoms in total. The fourth-order valence-corrected chi connectivity index (χ4v) is 1.79. The first kappa shape index (κ1) is 15.1. The third-order valence-electron chi connectivity index (χ3n) is 3.24. The molecule has 0 saturated carbocycles. The Morgan fingerprint density at radius 1 is 1.53 bits per heavy atom. The van der Waals surface area contributed by atoms with Crippen LogP contribution in [0.25, 0.3) is 0 Å². The number of aliphatic carboxylic acids is 1. The zero-order valence-electron chi connectivity index (χ0n) is 11.3. The van der Waals surface area contributed by atoms with Gasteiger partial charge in [0.05, 0.1) is 11.6 Å². The quantitative estimate of drug-likeness (QED) is 0.886. The van der Waals surface area contributed by atoms with E-state index in [1.54, 1.807) is 18.7 Å². The average Bonchev–Trinajstić information content (AvgIpc) is 2.36. The van der Waals surface area contributed by atoms with E-state index in [-0.39, 0.29) is 12.1 Å². The predicted octanol–water partition coefficient (Wildman–Crippen LogP) is 2.38. The van der Waals surface area contributed by atoms with E-state index in [1.165, 1.54) is 12.1 Å². The van der Waals surface area contributed by atoms with Gasteiger partial charge in [-0.1, -0.05) is 13.0 Å². The largest absolute Gasteiger partial charge is 0.480 e. The number of likely N-dealkylation sites (N-methyl/N-ethyl adjacent to an activating group) is 1. The summed E-state index contributed by atoms with van der Waals surface area (Å²) in [6.45, 7) is 5.67. The van der Waals surface area contributed by atoms with Gasteiger partial charge >= 0.3 is 5.97 Å². The Morgan fingerprint density at radius 2 is 2.16 bits per heavy atom. The van der Waals surface area contributed by atoms with Gasteiger partial charge in [-0.15, -0.1) is 0 Å². The zero-order chi connectivity index (χ0) is 14.6. The van der Waals surface area contributed by atoms with Gasteiger partial charge in [-0.2, -0.15) is 5.26 Å². The lowest BCUT2D eigenvalue weighted by molar-refractivity contribution is -0.149. The van der Waals surface area contributed by atoms with Crippen LogP contribution in [0.2, 0.25) is 0 Å². The molecular weight excluding hydrogens is 247 g/mol. The number of hydrogen-bond donors (Lipinski definition) is 1. The molecule has 0 spiro atoms. The van der Waals surface area contributed by atoms with Gasteiger partial charge in [0.2, 0.25) is 0 Å². The van der Waals surface area contributed by atoms with Crippen molar-refractivity contribution in [1.82, 2.24) is 4.90 Å². The minimum absolute atomic E-state index is 0.188. The Morgan fingerprint density at radius 3 is 2.58 bits per heavy atom. The number of nitrogens with zero attached hydrogens (tertiary/aromatic N) is 2. The molecule has 19 heavy (non-hydrogen) atoms. The van der Waals surface area contributed by atoms with E-state index in [2.05, 4.69) is 0 Å². The van der Waals surface area contributed by atoms with Crippen LogP contribution in [-0.2, 0) is 11.3 Å². The molecule has 0 atom stereocenters. The van der Waals surface area contributed by atoms with Crippen LogP contribution in [0.5, 0.6) is 0 Å². The third-order valence-corrected chi connectivity index (χ3v) is 3.24. The highest BCUT2D eigenvalue weighted by Crippen LogP contribution is 2.20. The second-order valence-corrected chi connectivity index (χ2v) is 4.80. The van der Waals surface area contributed by atoms with Crippen LogP contribution in [0.4, 0.5) is 4.39 Å². The molecule has 0 fully saturated rings. The summed E-state index contributed by atoms with van der Waals surface area (Å²) in [5, 5.41) is 17.9. The Bertz CT molecular complexity index is 521. The maximum Gasteiger partial charge on any atom is 0.323 e. The van der Waals surface area contributed by atoms with Crippen molar-refractivity contribution in [2.45, 2.75) is 32.9 Å². The maximum absolute atomic E-state index is 13.8. The van der Waals surface area contributed by atoms with Gasteiger partial charge in [-0.25, -0.2) is 4.39 Å². The molecule has 0 aliphatic carbocycles. The summed E-state index contributed by atoms with van der Waals surface area (Å²) in [5.74, 6) is -1.44. The van der Waals surface area contributed by atoms with Gasteiger partial charge in [0.1, 0.15) is 11.4 Å². The average molecular weight is 264 g/mol. The number of benzene rings is 1. The summed E-state index contributed by atoms with van der Waals surface area (Å²) < 4.78 is 13.8. The normalized spacial score (nSPS) is 11.4. The molecule has 0 radical (unpaired) electrons. The molecule has 0 saturated heterocycles. The zero-order valence-corrected chi connectivity index (χ0v) is 11.3. The van der Waals surface area contributed by atoms with E-state index >= 15 is 0 Å². The van der Waals surface area contributed by atoms with Crippen molar-refractivity contribution in [1.29, 1.82) is 5.26 Å². The van der Waals surface area contributed by atoms with Crippen molar-refractivity contribution in [3.8, 4) is 6.07 Å². The number of halogens is 1. The lowest BCUT2D eigenvalue weighted by Crippen LogP contribution is -2.49. The minimum Gasteiger partial charge on any atom is -0.480 e. The topological polar surface area (TPSA) is 64.3 Å². The lowest BCUT2D eigenvalue weighted by atomic mass is 10.0. The summed E-state index contributed by atoms with van der Waals surface area (Å²) in [7, 11) is 0. The highest BCUT2D eigenvalue weighted by atomic mass is 19.1. The van der Waals surface area contributed by atoms with E-state index in [1.807, 2.05) is 13.0 Å². The first-order valence-electron chi connectivity index (χ1n) is 6.00. The molecule has 0 unspecified atom stereocenters. The van der Waals surface area contributed by atoms with Crippen LogP contribution < -0.4 is 0 Å². The minimum atomic E-state index is -1.07. The Hall–Kier alpha value is -1.93.